The molecule has 2 aromatic rings. The number of nitro groups is 1. The Hall–Kier alpha value is -2.47. The molecule has 0 spiro atoms. The molecule has 0 aliphatic heterocycles. The number of carbonyl (C=O) groups is 1. The van der Waals surface area contributed by atoms with Gasteiger partial charge in [-0.3, -0.25) is 14.9 Å². The van der Waals surface area contributed by atoms with Gasteiger partial charge in [-0.25, -0.2) is 0 Å². The summed E-state index contributed by atoms with van der Waals surface area (Å²) in [6.45, 7) is 0.600. The van der Waals surface area contributed by atoms with Crippen LogP contribution in [0.15, 0.2) is 47.9 Å². The van der Waals surface area contributed by atoms with Crippen LogP contribution >= 0.6 is 11.3 Å². The maximum absolute atomic E-state index is 12.5. The second kappa shape index (κ2) is 6.75. The molecule has 0 N–H and O–H groups in total. The number of rotatable bonds is 6. The fourth-order valence-corrected chi connectivity index (χ4v) is 3.10. The van der Waals surface area contributed by atoms with Gasteiger partial charge in [0.2, 0.25) is 5.91 Å². The van der Waals surface area contributed by atoms with E-state index in [4.69, 9.17) is 0 Å². The molecule has 1 fully saturated rings. The second-order valence-corrected chi connectivity index (χ2v) is 6.46. The average Bonchev–Trinajstić information content (AvgIpc) is 3.26. The Kier molecular flexibility index (Phi) is 4.52. The lowest BCUT2D eigenvalue weighted by Crippen LogP contribution is -2.30. The first-order valence-electron chi connectivity index (χ1n) is 7.39. The molecule has 0 bridgehead atoms. The van der Waals surface area contributed by atoms with Crippen molar-refractivity contribution >= 4 is 29.0 Å². The SMILES string of the molecule is O=C(/C=C/c1ccccc1[N+](=O)[O-])N(Cc1cccs1)C1CC1. The summed E-state index contributed by atoms with van der Waals surface area (Å²) in [5, 5.41) is 13.0. The van der Waals surface area contributed by atoms with Crippen LogP contribution in [-0.2, 0) is 11.3 Å². The number of carbonyl (C=O) groups excluding carboxylic acids is 1. The summed E-state index contributed by atoms with van der Waals surface area (Å²) < 4.78 is 0. The third kappa shape index (κ3) is 3.84. The molecular formula is C17H16N2O3S. The van der Waals surface area contributed by atoms with Crippen molar-refractivity contribution in [3.63, 3.8) is 0 Å². The van der Waals surface area contributed by atoms with Crippen LogP contribution in [0.2, 0.25) is 0 Å². The van der Waals surface area contributed by atoms with Crippen LogP contribution in [0.1, 0.15) is 23.3 Å². The van der Waals surface area contributed by atoms with Gasteiger partial charge in [0.1, 0.15) is 0 Å². The second-order valence-electron chi connectivity index (χ2n) is 5.43. The molecule has 1 amide bonds. The maximum Gasteiger partial charge on any atom is 0.276 e. The van der Waals surface area contributed by atoms with Gasteiger partial charge in [0.25, 0.3) is 5.69 Å². The Balaban J connectivity index is 1.75. The smallest absolute Gasteiger partial charge is 0.276 e. The van der Waals surface area contributed by atoms with Crippen LogP contribution in [0, 0.1) is 10.1 Å². The number of nitro benzene ring substituents is 1. The summed E-state index contributed by atoms with van der Waals surface area (Å²) in [6.07, 6.45) is 5.02. The van der Waals surface area contributed by atoms with Crippen molar-refractivity contribution in [2.45, 2.75) is 25.4 Å². The molecule has 0 radical (unpaired) electrons. The molecule has 5 nitrogen and oxygen atoms in total. The monoisotopic (exact) mass is 328 g/mol. The van der Waals surface area contributed by atoms with Crippen molar-refractivity contribution in [2.24, 2.45) is 0 Å². The fraction of sp³-hybridized carbons (Fsp3) is 0.235. The fourth-order valence-electron chi connectivity index (χ4n) is 2.40. The minimum absolute atomic E-state index is 0.00720. The van der Waals surface area contributed by atoms with E-state index in [1.54, 1.807) is 29.5 Å². The van der Waals surface area contributed by atoms with Crippen LogP contribution in [0.5, 0.6) is 0 Å². The van der Waals surface area contributed by atoms with Gasteiger partial charge in [-0.15, -0.1) is 11.3 Å². The number of para-hydroxylation sites is 1. The largest absolute Gasteiger partial charge is 0.331 e. The molecule has 1 aromatic heterocycles. The molecule has 1 aliphatic rings. The average molecular weight is 328 g/mol. The van der Waals surface area contributed by atoms with Gasteiger partial charge < -0.3 is 4.90 Å². The van der Waals surface area contributed by atoms with Crippen molar-refractivity contribution in [1.82, 2.24) is 4.90 Å². The van der Waals surface area contributed by atoms with Crippen LogP contribution in [-0.4, -0.2) is 21.8 Å². The van der Waals surface area contributed by atoms with E-state index in [2.05, 4.69) is 0 Å². The van der Waals surface area contributed by atoms with E-state index >= 15 is 0 Å². The highest BCUT2D eigenvalue weighted by molar-refractivity contribution is 7.09. The number of benzene rings is 1. The van der Waals surface area contributed by atoms with Crippen LogP contribution < -0.4 is 0 Å². The first-order valence-corrected chi connectivity index (χ1v) is 8.27. The number of hydrogen-bond donors (Lipinski definition) is 0. The number of hydrogen-bond acceptors (Lipinski definition) is 4. The molecule has 118 valence electrons. The van der Waals surface area contributed by atoms with Gasteiger partial charge in [0.15, 0.2) is 0 Å². The van der Waals surface area contributed by atoms with Crippen molar-refractivity contribution in [3.8, 4) is 0 Å². The zero-order valence-electron chi connectivity index (χ0n) is 12.4. The Labute approximate surface area is 138 Å². The topological polar surface area (TPSA) is 63.4 Å². The van der Waals surface area contributed by atoms with Gasteiger partial charge in [0.05, 0.1) is 17.0 Å². The standard InChI is InChI=1S/C17H16N2O3S/c20-17(10-7-13-4-1-2-6-16(13)19(21)22)18(14-8-9-14)12-15-5-3-11-23-15/h1-7,10-11,14H,8-9,12H2/b10-7+. The lowest BCUT2D eigenvalue weighted by atomic mass is 10.1. The summed E-state index contributed by atoms with van der Waals surface area (Å²) in [4.78, 5) is 26.0. The summed E-state index contributed by atoms with van der Waals surface area (Å²) >= 11 is 1.63. The highest BCUT2D eigenvalue weighted by Gasteiger charge is 2.31. The van der Waals surface area contributed by atoms with Gasteiger partial charge in [0, 0.05) is 23.1 Å². The zero-order chi connectivity index (χ0) is 16.2. The Morgan fingerprint density at radius 2 is 2.09 bits per heavy atom. The zero-order valence-corrected chi connectivity index (χ0v) is 13.2. The van der Waals surface area contributed by atoms with Gasteiger partial charge in [-0.1, -0.05) is 18.2 Å². The third-order valence-corrected chi connectivity index (χ3v) is 4.58. The minimum atomic E-state index is -0.436. The Morgan fingerprint density at radius 3 is 2.74 bits per heavy atom. The predicted octanol–water partition coefficient (Wildman–Crippen LogP) is 3.86. The molecule has 1 aliphatic carbocycles. The molecule has 23 heavy (non-hydrogen) atoms. The Morgan fingerprint density at radius 1 is 1.30 bits per heavy atom. The summed E-state index contributed by atoms with van der Waals surface area (Å²) in [7, 11) is 0. The highest BCUT2D eigenvalue weighted by Crippen LogP contribution is 2.29. The number of nitrogens with zero attached hydrogens (tertiary/aromatic N) is 2. The van der Waals surface area contributed by atoms with Gasteiger partial charge in [-0.05, 0) is 36.4 Å². The molecule has 0 atom stereocenters. The van der Waals surface area contributed by atoms with E-state index < -0.39 is 4.92 Å². The minimum Gasteiger partial charge on any atom is -0.331 e. The molecule has 3 rings (SSSR count). The molecule has 0 saturated heterocycles. The van der Waals surface area contributed by atoms with E-state index in [1.807, 2.05) is 22.4 Å². The number of amides is 1. The normalized spacial score (nSPS) is 14.1. The number of thiophene rings is 1. The van der Waals surface area contributed by atoms with Gasteiger partial charge >= 0.3 is 0 Å². The van der Waals surface area contributed by atoms with E-state index in [0.29, 0.717) is 18.2 Å². The molecule has 1 heterocycles. The van der Waals surface area contributed by atoms with E-state index in [-0.39, 0.29) is 11.6 Å². The third-order valence-electron chi connectivity index (χ3n) is 3.72. The molecule has 1 aromatic carbocycles. The summed E-state index contributed by atoms with van der Waals surface area (Å²) in [5.41, 5.74) is 0.450. The lowest BCUT2D eigenvalue weighted by molar-refractivity contribution is -0.385. The van der Waals surface area contributed by atoms with Gasteiger partial charge in [-0.2, -0.15) is 0 Å². The van der Waals surface area contributed by atoms with Crippen molar-refractivity contribution in [1.29, 1.82) is 0 Å². The summed E-state index contributed by atoms with van der Waals surface area (Å²) in [5.74, 6) is -0.0981. The molecular weight excluding hydrogens is 312 g/mol. The first-order chi connectivity index (χ1) is 11.1. The molecule has 6 heteroatoms. The maximum atomic E-state index is 12.5. The summed E-state index contributed by atoms with van der Waals surface area (Å²) in [6, 6.07) is 10.7. The van der Waals surface area contributed by atoms with E-state index in [1.165, 1.54) is 18.2 Å². The van der Waals surface area contributed by atoms with Crippen LogP contribution in [0.25, 0.3) is 6.08 Å². The van der Waals surface area contributed by atoms with E-state index in [0.717, 1.165) is 17.7 Å². The first kappa shape index (κ1) is 15.4. The van der Waals surface area contributed by atoms with Crippen molar-refractivity contribution in [2.75, 3.05) is 0 Å². The molecule has 0 unspecified atom stereocenters. The highest BCUT2D eigenvalue weighted by atomic mass is 32.1. The Bertz CT molecular complexity index is 736. The van der Waals surface area contributed by atoms with E-state index in [9.17, 15) is 14.9 Å². The lowest BCUT2D eigenvalue weighted by Gasteiger charge is -2.19. The van der Waals surface area contributed by atoms with Crippen LogP contribution in [0.4, 0.5) is 5.69 Å². The predicted molar refractivity (Wildman–Crippen MR) is 90.0 cm³/mol. The van der Waals surface area contributed by atoms with Crippen molar-refractivity contribution < 1.29 is 9.72 Å². The molecule has 1 saturated carbocycles. The van der Waals surface area contributed by atoms with Crippen molar-refractivity contribution in [3.05, 3.63) is 68.4 Å². The quantitative estimate of drug-likeness (QED) is 0.459. The van der Waals surface area contributed by atoms with Crippen LogP contribution in [0.3, 0.4) is 0 Å².